The summed E-state index contributed by atoms with van der Waals surface area (Å²) in [7, 11) is 0. The van der Waals surface area contributed by atoms with Crippen LogP contribution in [-0.4, -0.2) is 82.5 Å². The van der Waals surface area contributed by atoms with Gasteiger partial charge >= 0.3 is 0 Å². The highest BCUT2D eigenvalue weighted by Crippen LogP contribution is 2.23. The minimum Gasteiger partial charge on any atom is -0.395 e. The molecule has 1 aromatic carbocycles. The zero-order valence-electron chi connectivity index (χ0n) is 15.4. The van der Waals surface area contributed by atoms with Gasteiger partial charge in [0.1, 0.15) is 5.38 Å². The van der Waals surface area contributed by atoms with Crippen molar-refractivity contribution in [3.63, 3.8) is 0 Å². The van der Waals surface area contributed by atoms with Gasteiger partial charge in [-0.2, -0.15) is 0 Å². The average Bonchev–Trinajstić information content (AvgIpc) is 2.66. The molecule has 0 heterocycles. The topological polar surface area (TPSA) is 112 Å². The number of halogens is 1. The monoisotopic (exact) mass is 394 g/mol. The number of rotatable bonds is 9. The highest BCUT2D eigenvalue weighted by molar-refractivity contribution is 6.56. The summed E-state index contributed by atoms with van der Waals surface area (Å²) in [5.74, 6) is 0. The number of benzene rings is 1. The number of aliphatic hydroxyl groups excluding tert-OH is 3. The first-order valence-corrected chi connectivity index (χ1v) is 9.35. The zero-order valence-corrected chi connectivity index (χ0v) is 16.2. The van der Waals surface area contributed by atoms with E-state index in [2.05, 4.69) is 10.3 Å². The Bertz CT molecular complexity index is 685. The molecule has 0 aromatic heterocycles. The first kappa shape index (κ1) is 21.5. The van der Waals surface area contributed by atoms with Crippen LogP contribution >= 0.6 is 11.6 Å². The third-order valence-corrected chi connectivity index (χ3v) is 4.82. The van der Waals surface area contributed by atoms with E-state index in [1.807, 2.05) is 29.2 Å². The van der Waals surface area contributed by atoms with Crippen LogP contribution in [0.1, 0.15) is 6.92 Å². The van der Waals surface area contributed by atoms with E-state index in [4.69, 9.17) is 27.2 Å². The van der Waals surface area contributed by atoms with Crippen LogP contribution in [0, 0.1) is 5.41 Å². The largest absolute Gasteiger partial charge is 0.395 e. The van der Waals surface area contributed by atoms with Crippen LogP contribution in [0.5, 0.6) is 0 Å². The number of nitrogens with one attached hydrogen (secondary N) is 2. The summed E-state index contributed by atoms with van der Waals surface area (Å²) in [5, 5.41) is 38.5. The van der Waals surface area contributed by atoms with E-state index >= 15 is 0 Å². The molecule has 2 rings (SSSR count). The van der Waals surface area contributed by atoms with Crippen molar-refractivity contribution in [3.8, 4) is 0 Å². The Labute approximate surface area is 164 Å². The molecule has 8 heteroatoms. The van der Waals surface area contributed by atoms with Crippen LogP contribution in [-0.2, 0) is 0 Å². The predicted molar refractivity (Wildman–Crippen MR) is 110 cm³/mol. The molecule has 27 heavy (non-hydrogen) atoms. The number of hydrogen-bond acceptors (Lipinski definition) is 7. The van der Waals surface area contributed by atoms with Gasteiger partial charge in [0.2, 0.25) is 0 Å². The number of nitrogens with zero attached hydrogens (tertiary/aromatic N) is 2. The summed E-state index contributed by atoms with van der Waals surface area (Å²) in [6.07, 6.45) is 0.843. The fourth-order valence-electron chi connectivity index (χ4n) is 2.77. The fraction of sp³-hybridized carbons (Fsp3) is 0.474. The number of hydrogen-bond donors (Lipinski definition) is 5. The second-order valence-electron chi connectivity index (χ2n) is 6.41. The highest BCUT2D eigenvalue weighted by Gasteiger charge is 2.29. The Morgan fingerprint density at radius 2 is 1.78 bits per heavy atom. The Morgan fingerprint density at radius 1 is 1.15 bits per heavy atom. The van der Waals surface area contributed by atoms with Crippen LogP contribution in [0.4, 0.5) is 11.4 Å². The molecule has 1 aliphatic rings. The highest BCUT2D eigenvalue weighted by atomic mass is 35.5. The summed E-state index contributed by atoms with van der Waals surface area (Å²) in [6.45, 7) is 4.38. The predicted octanol–water partition coefficient (Wildman–Crippen LogP) is 1.41. The molecule has 148 valence electrons. The normalized spacial score (nSPS) is 21.6. The lowest BCUT2D eigenvalue weighted by Gasteiger charge is -2.24. The number of anilines is 1. The molecule has 0 bridgehead atoms. The van der Waals surface area contributed by atoms with Crippen molar-refractivity contribution in [2.24, 2.45) is 4.99 Å². The maximum absolute atomic E-state index is 9.89. The van der Waals surface area contributed by atoms with Crippen molar-refractivity contribution in [2.75, 3.05) is 44.7 Å². The van der Waals surface area contributed by atoms with Gasteiger partial charge in [-0.1, -0.05) is 0 Å². The molecule has 0 saturated carbocycles. The fourth-order valence-corrected chi connectivity index (χ4v) is 3.08. The van der Waals surface area contributed by atoms with Crippen LogP contribution in [0.25, 0.3) is 0 Å². The zero-order chi connectivity index (χ0) is 19.8. The van der Waals surface area contributed by atoms with E-state index in [1.54, 1.807) is 13.0 Å². The molecule has 7 nitrogen and oxygen atoms in total. The summed E-state index contributed by atoms with van der Waals surface area (Å²) in [4.78, 5) is 6.44. The Morgan fingerprint density at radius 3 is 2.37 bits per heavy atom. The van der Waals surface area contributed by atoms with Crippen molar-refractivity contribution in [1.29, 1.82) is 5.41 Å². The summed E-state index contributed by atoms with van der Waals surface area (Å²) < 4.78 is 0. The second-order valence-corrected chi connectivity index (χ2v) is 6.88. The van der Waals surface area contributed by atoms with Gasteiger partial charge in [-0.25, -0.2) is 4.99 Å². The molecule has 1 aromatic rings. The molecule has 0 aliphatic heterocycles. The molecule has 0 amide bonds. The smallest absolute Gasteiger partial charge is 0.107 e. The Kier molecular flexibility index (Phi) is 8.40. The first-order valence-electron chi connectivity index (χ1n) is 8.92. The average molecular weight is 395 g/mol. The second kappa shape index (κ2) is 10.5. The third kappa shape index (κ3) is 6.12. The molecule has 0 radical (unpaired) electrons. The standard InChI is InChI=1S/C19H27ClN4O3/c1-13-12-16(18(21)17(20)19(13)27)23-15-4-2-14(3-5-15)22-6-7-24(8-10-25)9-11-26/h2-5,12,17,19,21-22,25-27H,6-11H2,1H3. The maximum Gasteiger partial charge on any atom is 0.107 e. The SMILES string of the molecule is CC1=CC(=Nc2ccc(NCCN(CCO)CCO)cc2)C(=N)C(Cl)C1O. The molecular weight excluding hydrogens is 368 g/mol. The van der Waals surface area contributed by atoms with E-state index < -0.39 is 11.5 Å². The number of allylic oxidation sites excluding steroid dienone is 1. The molecule has 2 atom stereocenters. The quantitative estimate of drug-likeness (QED) is 0.406. The summed E-state index contributed by atoms with van der Waals surface area (Å²) in [5.41, 5.74) is 2.90. The number of alkyl halides is 1. The van der Waals surface area contributed by atoms with Crippen LogP contribution in [0.2, 0.25) is 0 Å². The van der Waals surface area contributed by atoms with Gasteiger partial charge in [0.05, 0.1) is 36.4 Å². The van der Waals surface area contributed by atoms with E-state index in [1.165, 1.54) is 0 Å². The van der Waals surface area contributed by atoms with Crippen LogP contribution in [0.15, 0.2) is 40.9 Å². The van der Waals surface area contributed by atoms with Crippen molar-refractivity contribution in [2.45, 2.75) is 18.4 Å². The van der Waals surface area contributed by atoms with E-state index in [0.717, 1.165) is 5.69 Å². The van der Waals surface area contributed by atoms with Crippen molar-refractivity contribution in [3.05, 3.63) is 35.9 Å². The minimum atomic E-state index is -0.846. The van der Waals surface area contributed by atoms with Gasteiger partial charge in [-0.3, -0.25) is 4.90 Å². The van der Waals surface area contributed by atoms with Gasteiger partial charge < -0.3 is 26.0 Å². The van der Waals surface area contributed by atoms with Gasteiger partial charge in [0.15, 0.2) is 0 Å². The van der Waals surface area contributed by atoms with Crippen molar-refractivity contribution in [1.82, 2.24) is 4.90 Å². The Hall–Kier alpha value is -1.77. The molecule has 0 saturated heterocycles. The minimum absolute atomic E-state index is 0.0676. The number of aliphatic hydroxyl groups is 3. The molecule has 2 unspecified atom stereocenters. The lowest BCUT2D eigenvalue weighted by molar-refractivity contribution is 0.165. The van der Waals surface area contributed by atoms with E-state index in [9.17, 15) is 5.11 Å². The third-order valence-electron chi connectivity index (χ3n) is 4.37. The number of aliphatic imine (C=N–C) groups is 1. The van der Waals surface area contributed by atoms with Gasteiger partial charge in [-0.15, -0.1) is 11.6 Å². The van der Waals surface area contributed by atoms with Gasteiger partial charge in [0, 0.05) is 31.9 Å². The maximum atomic E-state index is 9.89. The lowest BCUT2D eigenvalue weighted by Crippen LogP contribution is -2.38. The molecule has 0 spiro atoms. The van der Waals surface area contributed by atoms with Crippen molar-refractivity contribution < 1.29 is 15.3 Å². The van der Waals surface area contributed by atoms with E-state index in [0.29, 0.717) is 43.2 Å². The van der Waals surface area contributed by atoms with Gasteiger partial charge in [-0.05, 0) is 42.8 Å². The lowest BCUT2D eigenvalue weighted by atomic mass is 9.94. The molecule has 0 fully saturated rings. The molecular formula is C19H27ClN4O3. The van der Waals surface area contributed by atoms with Crippen LogP contribution in [0.3, 0.4) is 0 Å². The summed E-state index contributed by atoms with van der Waals surface area (Å²) >= 11 is 6.08. The van der Waals surface area contributed by atoms with E-state index in [-0.39, 0.29) is 18.9 Å². The Balaban J connectivity index is 1.96. The van der Waals surface area contributed by atoms with Crippen LogP contribution < -0.4 is 5.32 Å². The first-order chi connectivity index (χ1) is 13.0. The van der Waals surface area contributed by atoms with Crippen molar-refractivity contribution >= 4 is 34.4 Å². The molecule has 5 N–H and O–H groups in total. The molecule has 1 aliphatic carbocycles. The van der Waals surface area contributed by atoms with Gasteiger partial charge in [0.25, 0.3) is 0 Å². The summed E-state index contributed by atoms with van der Waals surface area (Å²) in [6, 6.07) is 7.49.